The molecule has 0 aliphatic carbocycles. The fraction of sp³-hybridized carbons (Fsp3) is 0.348. The van der Waals surface area contributed by atoms with Crippen LogP contribution in [0.25, 0.3) is 0 Å². The number of fused-ring (bicyclic) bond motifs is 1. The van der Waals surface area contributed by atoms with Crippen LogP contribution >= 0.6 is 0 Å². The summed E-state index contributed by atoms with van der Waals surface area (Å²) < 4.78 is 10.3. The Kier molecular flexibility index (Phi) is 8.04. The third-order valence-electron chi connectivity index (χ3n) is 5.25. The summed E-state index contributed by atoms with van der Waals surface area (Å²) in [5.41, 5.74) is 7.46. The van der Waals surface area contributed by atoms with Crippen molar-refractivity contribution in [3.8, 4) is 0 Å². The summed E-state index contributed by atoms with van der Waals surface area (Å²) in [5, 5.41) is 9.29. The van der Waals surface area contributed by atoms with Gasteiger partial charge in [-0.2, -0.15) is 0 Å². The molecule has 4 rings (SSSR count). The van der Waals surface area contributed by atoms with Gasteiger partial charge in [-0.1, -0.05) is 48.5 Å². The largest absolute Gasteiger partial charge is 0.481 e. The SMILES string of the molecule is NC(=O)N1CCOCC1.O=C(O)[C@@H]1Cc2ccccc2N(C(=O)OCc2ccccc2)C1. The summed E-state index contributed by atoms with van der Waals surface area (Å²) in [5.74, 6) is -1.52. The van der Waals surface area contributed by atoms with E-state index in [0.717, 1.165) is 16.8 Å². The number of para-hydroxylation sites is 1. The minimum atomic E-state index is -0.902. The van der Waals surface area contributed by atoms with Crippen molar-refractivity contribution in [2.75, 3.05) is 37.7 Å². The first kappa shape index (κ1) is 23.1. The van der Waals surface area contributed by atoms with Crippen molar-refractivity contribution >= 4 is 23.8 Å². The van der Waals surface area contributed by atoms with Crippen LogP contribution in [0.15, 0.2) is 54.6 Å². The van der Waals surface area contributed by atoms with E-state index < -0.39 is 18.0 Å². The van der Waals surface area contributed by atoms with Crippen molar-refractivity contribution in [1.82, 2.24) is 4.90 Å². The van der Waals surface area contributed by atoms with Gasteiger partial charge in [-0.3, -0.25) is 9.69 Å². The Bertz CT molecular complexity index is 930. The molecule has 2 aromatic carbocycles. The standard InChI is InChI=1S/C18H17NO4.C5H10N2O2/c20-17(21)15-10-14-8-4-5-9-16(14)19(11-15)18(22)23-12-13-6-2-1-3-7-13;6-5(8)7-1-3-9-4-2-7/h1-9,15H,10-12H2,(H,20,21);1-4H2,(H2,6,8)/t15-;/m1./s1. The van der Waals surface area contributed by atoms with E-state index in [-0.39, 0.29) is 19.2 Å². The molecule has 0 radical (unpaired) electrons. The highest BCUT2D eigenvalue weighted by Crippen LogP contribution is 2.30. The van der Waals surface area contributed by atoms with Crippen LogP contribution in [-0.4, -0.2) is 60.9 Å². The quantitative estimate of drug-likeness (QED) is 0.755. The number of carbonyl (C=O) groups excluding carboxylic acids is 2. The highest BCUT2D eigenvalue weighted by molar-refractivity contribution is 5.91. The summed E-state index contributed by atoms with van der Waals surface area (Å²) in [6, 6.07) is 16.4. The van der Waals surface area contributed by atoms with Gasteiger partial charge in [0.25, 0.3) is 0 Å². The van der Waals surface area contributed by atoms with E-state index >= 15 is 0 Å². The molecular weight excluding hydrogens is 414 g/mol. The van der Waals surface area contributed by atoms with Gasteiger partial charge < -0.3 is 25.2 Å². The molecule has 0 bridgehead atoms. The van der Waals surface area contributed by atoms with Crippen LogP contribution in [-0.2, 0) is 27.3 Å². The normalized spacial score (nSPS) is 17.4. The van der Waals surface area contributed by atoms with Gasteiger partial charge in [0.2, 0.25) is 0 Å². The van der Waals surface area contributed by atoms with E-state index in [2.05, 4.69) is 0 Å². The molecule has 2 aromatic rings. The van der Waals surface area contributed by atoms with Crippen LogP contribution in [0.1, 0.15) is 11.1 Å². The number of hydrogen-bond acceptors (Lipinski definition) is 5. The van der Waals surface area contributed by atoms with Crippen molar-refractivity contribution < 1.29 is 29.0 Å². The van der Waals surface area contributed by atoms with E-state index in [9.17, 15) is 19.5 Å². The summed E-state index contributed by atoms with van der Waals surface area (Å²) in [6.45, 7) is 2.78. The van der Waals surface area contributed by atoms with Gasteiger partial charge in [-0.05, 0) is 23.6 Å². The Morgan fingerprint density at radius 3 is 2.31 bits per heavy atom. The third kappa shape index (κ3) is 6.21. The summed E-state index contributed by atoms with van der Waals surface area (Å²) in [7, 11) is 0. The lowest BCUT2D eigenvalue weighted by Crippen LogP contribution is -2.43. The zero-order valence-electron chi connectivity index (χ0n) is 17.7. The van der Waals surface area contributed by atoms with E-state index in [1.807, 2.05) is 54.6 Å². The van der Waals surface area contributed by atoms with Crippen LogP contribution in [0, 0.1) is 5.92 Å². The molecule has 3 N–H and O–H groups in total. The fourth-order valence-electron chi connectivity index (χ4n) is 3.51. The van der Waals surface area contributed by atoms with Gasteiger partial charge in [-0.15, -0.1) is 0 Å². The molecule has 32 heavy (non-hydrogen) atoms. The van der Waals surface area contributed by atoms with Gasteiger partial charge in [0.05, 0.1) is 24.8 Å². The Morgan fingerprint density at radius 2 is 1.69 bits per heavy atom. The Labute approximate surface area is 186 Å². The second-order valence-corrected chi connectivity index (χ2v) is 7.46. The number of urea groups is 1. The lowest BCUT2D eigenvalue weighted by Gasteiger charge is -2.32. The number of carboxylic acids is 1. The minimum Gasteiger partial charge on any atom is -0.481 e. The predicted molar refractivity (Wildman–Crippen MR) is 117 cm³/mol. The molecule has 0 spiro atoms. The molecule has 0 unspecified atom stereocenters. The number of nitrogens with two attached hydrogens (primary N) is 1. The van der Waals surface area contributed by atoms with E-state index in [4.69, 9.17) is 15.2 Å². The Balaban J connectivity index is 0.000000269. The van der Waals surface area contributed by atoms with Gasteiger partial charge in [0, 0.05) is 19.6 Å². The molecular formula is C23H27N3O6. The molecule has 2 heterocycles. The molecule has 0 saturated carbocycles. The van der Waals surface area contributed by atoms with Crippen molar-refractivity contribution in [3.63, 3.8) is 0 Å². The van der Waals surface area contributed by atoms with Gasteiger partial charge in [0.15, 0.2) is 0 Å². The molecule has 1 saturated heterocycles. The Morgan fingerprint density at radius 1 is 1.03 bits per heavy atom. The first-order valence-corrected chi connectivity index (χ1v) is 10.4. The van der Waals surface area contributed by atoms with Gasteiger partial charge >= 0.3 is 18.1 Å². The topological polar surface area (TPSA) is 122 Å². The molecule has 1 fully saturated rings. The molecule has 2 aliphatic rings. The predicted octanol–water partition coefficient (Wildman–Crippen LogP) is 2.48. The van der Waals surface area contributed by atoms with Crippen molar-refractivity contribution in [2.24, 2.45) is 11.7 Å². The van der Waals surface area contributed by atoms with Crippen LogP contribution in [0.2, 0.25) is 0 Å². The number of primary amides is 1. The second-order valence-electron chi connectivity index (χ2n) is 7.46. The fourth-order valence-corrected chi connectivity index (χ4v) is 3.51. The number of morpholine rings is 1. The first-order chi connectivity index (χ1) is 15.5. The third-order valence-corrected chi connectivity index (χ3v) is 5.25. The Hall–Kier alpha value is -3.59. The maximum Gasteiger partial charge on any atom is 0.414 e. The van der Waals surface area contributed by atoms with Crippen LogP contribution in [0.5, 0.6) is 0 Å². The number of ether oxygens (including phenoxy) is 2. The number of rotatable bonds is 3. The molecule has 3 amide bonds. The average Bonchev–Trinajstić information content (AvgIpc) is 2.83. The number of anilines is 1. The molecule has 170 valence electrons. The van der Waals surface area contributed by atoms with Crippen LogP contribution in [0.4, 0.5) is 15.3 Å². The zero-order valence-corrected chi connectivity index (χ0v) is 17.7. The number of amides is 3. The van der Waals surface area contributed by atoms with Crippen LogP contribution < -0.4 is 10.6 Å². The summed E-state index contributed by atoms with van der Waals surface area (Å²) >= 11 is 0. The van der Waals surface area contributed by atoms with Gasteiger partial charge in [-0.25, -0.2) is 9.59 Å². The maximum atomic E-state index is 12.4. The molecule has 2 aliphatic heterocycles. The average molecular weight is 441 g/mol. The number of aliphatic carboxylic acids is 1. The lowest BCUT2D eigenvalue weighted by atomic mass is 9.93. The number of benzene rings is 2. The monoisotopic (exact) mass is 441 g/mol. The van der Waals surface area contributed by atoms with Crippen molar-refractivity contribution in [1.29, 1.82) is 0 Å². The summed E-state index contributed by atoms with van der Waals surface area (Å²) in [6.07, 6.45) is -0.0965. The van der Waals surface area contributed by atoms with Crippen molar-refractivity contribution in [2.45, 2.75) is 13.0 Å². The number of carbonyl (C=O) groups is 3. The number of nitrogens with zero attached hydrogens (tertiary/aromatic N) is 2. The van der Waals surface area contributed by atoms with Crippen molar-refractivity contribution in [3.05, 3.63) is 65.7 Å². The maximum absolute atomic E-state index is 12.4. The smallest absolute Gasteiger partial charge is 0.414 e. The second kappa shape index (κ2) is 11.1. The molecule has 9 heteroatoms. The first-order valence-electron chi connectivity index (χ1n) is 10.4. The van der Waals surface area contributed by atoms with E-state index in [1.165, 1.54) is 4.90 Å². The van der Waals surface area contributed by atoms with Crippen LogP contribution in [0.3, 0.4) is 0 Å². The van der Waals surface area contributed by atoms with E-state index in [0.29, 0.717) is 32.7 Å². The molecule has 0 aromatic heterocycles. The molecule has 1 atom stereocenters. The highest BCUT2D eigenvalue weighted by atomic mass is 16.6. The number of hydrogen-bond donors (Lipinski definition) is 2. The van der Waals surface area contributed by atoms with E-state index in [1.54, 1.807) is 4.90 Å². The summed E-state index contributed by atoms with van der Waals surface area (Å²) in [4.78, 5) is 37.2. The highest BCUT2D eigenvalue weighted by Gasteiger charge is 2.32. The van der Waals surface area contributed by atoms with Gasteiger partial charge in [0.1, 0.15) is 6.61 Å². The zero-order chi connectivity index (χ0) is 22.9. The lowest BCUT2D eigenvalue weighted by molar-refractivity contribution is -0.141. The number of carboxylic acid groups (broad SMARTS) is 1. The minimum absolute atomic E-state index is 0.125. The molecule has 9 nitrogen and oxygen atoms in total.